The number of hydrogen-bond acceptors (Lipinski definition) is 3. The van der Waals surface area contributed by atoms with E-state index in [9.17, 15) is 28.1 Å². The Morgan fingerprint density at radius 3 is 2.59 bits per heavy atom. The highest BCUT2D eigenvalue weighted by Gasteiger charge is 2.31. The number of aromatic nitrogens is 1. The van der Waals surface area contributed by atoms with E-state index in [0.717, 1.165) is 12.1 Å². The normalized spacial score (nSPS) is 11.6. The molecule has 0 atom stereocenters. The Balaban J connectivity index is 1.81. The molecule has 1 aromatic heterocycles. The number of carbonyl (C=O) groups is 1. The Morgan fingerprint density at radius 2 is 1.93 bits per heavy atom. The molecular formula is C17H11F3IN3O3. The van der Waals surface area contributed by atoms with E-state index >= 15 is 0 Å². The lowest BCUT2D eigenvalue weighted by molar-refractivity contribution is -0.384. The van der Waals surface area contributed by atoms with Crippen LogP contribution in [0.3, 0.4) is 0 Å². The second-order valence-corrected chi connectivity index (χ2v) is 6.85. The molecule has 1 heterocycles. The van der Waals surface area contributed by atoms with Gasteiger partial charge in [0.1, 0.15) is 6.54 Å². The molecular weight excluding hydrogens is 478 g/mol. The first-order valence-corrected chi connectivity index (χ1v) is 8.63. The predicted octanol–water partition coefficient (Wildman–Crippen LogP) is 4.81. The second-order valence-electron chi connectivity index (χ2n) is 5.68. The van der Waals surface area contributed by atoms with Crippen LogP contribution in [0.5, 0.6) is 0 Å². The van der Waals surface area contributed by atoms with Crippen LogP contribution in [0.4, 0.5) is 24.5 Å². The van der Waals surface area contributed by atoms with Crippen molar-refractivity contribution in [3.05, 3.63) is 67.9 Å². The van der Waals surface area contributed by atoms with Gasteiger partial charge in [-0.15, -0.1) is 0 Å². The summed E-state index contributed by atoms with van der Waals surface area (Å²) >= 11 is 1.84. The molecule has 27 heavy (non-hydrogen) atoms. The maximum atomic E-state index is 12.8. The molecule has 0 saturated carbocycles. The number of carbonyl (C=O) groups excluding carboxylic acids is 1. The highest BCUT2D eigenvalue weighted by atomic mass is 127. The number of anilines is 1. The standard InChI is InChI=1S/C17H11F3IN3O3/c18-17(19,20)11-1-3-13(21)14(8-11)22-16(25)9-23-6-5-10-7-12(24(26)27)2-4-15(10)23/h1-8H,9H2,(H,22,25). The predicted molar refractivity (Wildman–Crippen MR) is 101 cm³/mol. The van der Waals surface area contributed by atoms with Crippen LogP contribution in [0.2, 0.25) is 0 Å². The number of nitro groups is 1. The van der Waals surface area contributed by atoms with Gasteiger partial charge >= 0.3 is 6.18 Å². The van der Waals surface area contributed by atoms with Crippen LogP contribution >= 0.6 is 22.6 Å². The number of non-ortho nitro benzene ring substituents is 1. The van der Waals surface area contributed by atoms with Crippen molar-refractivity contribution in [2.45, 2.75) is 12.7 Å². The zero-order chi connectivity index (χ0) is 19.8. The lowest BCUT2D eigenvalue weighted by atomic mass is 10.2. The van der Waals surface area contributed by atoms with Crippen molar-refractivity contribution >= 4 is 50.8 Å². The van der Waals surface area contributed by atoms with Gasteiger partial charge in [-0.05, 0) is 52.9 Å². The van der Waals surface area contributed by atoms with E-state index in [4.69, 9.17) is 0 Å². The van der Waals surface area contributed by atoms with Gasteiger partial charge in [0.05, 0.1) is 16.2 Å². The quantitative estimate of drug-likeness (QED) is 0.325. The van der Waals surface area contributed by atoms with E-state index in [1.165, 1.54) is 24.3 Å². The molecule has 2 aromatic carbocycles. The minimum absolute atomic E-state index is 0.0665. The Morgan fingerprint density at radius 1 is 1.19 bits per heavy atom. The highest BCUT2D eigenvalue weighted by molar-refractivity contribution is 14.1. The molecule has 0 saturated heterocycles. The third-order valence-electron chi connectivity index (χ3n) is 3.85. The van der Waals surface area contributed by atoms with Crippen molar-refractivity contribution in [2.75, 3.05) is 5.32 Å². The highest BCUT2D eigenvalue weighted by Crippen LogP contribution is 2.32. The van der Waals surface area contributed by atoms with E-state index in [0.29, 0.717) is 14.5 Å². The summed E-state index contributed by atoms with van der Waals surface area (Å²) in [6, 6.07) is 8.98. The van der Waals surface area contributed by atoms with Crippen LogP contribution in [0.1, 0.15) is 5.56 Å². The van der Waals surface area contributed by atoms with Crippen LogP contribution in [0.25, 0.3) is 10.9 Å². The summed E-state index contributed by atoms with van der Waals surface area (Å²) in [5, 5.41) is 13.9. The van der Waals surface area contributed by atoms with E-state index in [-0.39, 0.29) is 17.9 Å². The molecule has 10 heteroatoms. The summed E-state index contributed by atoms with van der Waals surface area (Å²) in [6.07, 6.45) is -2.92. The molecule has 6 nitrogen and oxygen atoms in total. The number of benzene rings is 2. The molecule has 0 unspecified atom stereocenters. The summed E-state index contributed by atoms with van der Waals surface area (Å²) in [5.41, 5.74) is -0.239. The Kier molecular flexibility index (Phi) is 5.09. The fourth-order valence-electron chi connectivity index (χ4n) is 2.58. The zero-order valence-corrected chi connectivity index (χ0v) is 15.6. The van der Waals surface area contributed by atoms with Crippen molar-refractivity contribution in [3.8, 4) is 0 Å². The van der Waals surface area contributed by atoms with Gasteiger partial charge in [0.15, 0.2) is 0 Å². The molecule has 0 bridgehead atoms. The number of hydrogen-bond donors (Lipinski definition) is 1. The smallest absolute Gasteiger partial charge is 0.338 e. The average Bonchev–Trinajstić information content (AvgIpc) is 2.98. The number of alkyl halides is 3. The van der Waals surface area contributed by atoms with Crippen LogP contribution in [-0.2, 0) is 17.5 Å². The van der Waals surface area contributed by atoms with Crippen molar-refractivity contribution in [3.63, 3.8) is 0 Å². The van der Waals surface area contributed by atoms with Crippen LogP contribution in [0.15, 0.2) is 48.7 Å². The van der Waals surface area contributed by atoms with E-state index in [1.54, 1.807) is 16.8 Å². The third-order valence-corrected chi connectivity index (χ3v) is 4.79. The molecule has 0 aliphatic rings. The topological polar surface area (TPSA) is 77.2 Å². The van der Waals surface area contributed by atoms with Crippen molar-refractivity contribution in [1.82, 2.24) is 4.57 Å². The Hall–Kier alpha value is -2.63. The molecule has 140 valence electrons. The fourth-order valence-corrected chi connectivity index (χ4v) is 3.05. The van der Waals surface area contributed by atoms with Gasteiger partial charge < -0.3 is 9.88 Å². The molecule has 1 amide bonds. The molecule has 3 aromatic rings. The minimum Gasteiger partial charge on any atom is -0.338 e. The molecule has 1 N–H and O–H groups in total. The van der Waals surface area contributed by atoms with Gasteiger partial charge in [-0.25, -0.2) is 0 Å². The van der Waals surface area contributed by atoms with Gasteiger partial charge in [0.2, 0.25) is 5.91 Å². The van der Waals surface area contributed by atoms with Gasteiger partial charge in [-0.3, -0.25) is 14.9 Å². The molecule has 0 spiro atoms. The lowest BCUT2D eigenvalue weighted by Gasteiger charge is -2.12. The number of nitro benzene ring substituents is 1. The maximum Gasteiger partial charge on any atom is 0.416 e. The number of amides is 1. The largest absolute Gasteiger partial charge is 0.416 e. The van der Waals surface area contributed by atoms with Gasteiger partial charge in [-0.1, -0.05) is 0 Å². The first kappa shape index (κ1) is 19.1. The molecule has 3 rings (SSSR count). The number of rotatable bonds is 4. The monoisotopic (exact) mass is 489 g/mol. The first-order chi connectivity index (χ1) is 12.6. The summed E-state index contributed by atoms with van der Waals surface area (Å²) in [6.45, 7) is -0.145. The number of halogens is 4. The summed E-state index contributed by atoms with van der Waals surface area (Å²) < 4.78 is 40.6. The van der Waals surface area contributed by atoms with E-state index < -0.39 is 22.6 Å². The number of nitrogens with one attached hydrogen (secondary N) is 1. The van der Waals surface area contributed by atoms with Crippen LogP contribution < -0.4 is 5.32 Å². The Bertz CT molecular complexity index is 1050. The summed E-state index contributed by atoms with van der Waals surface area (Å²) in [7, 11) is 0. The summed E-state index contributed by atoms with van der Waals surface area (Å²) in [5.74, 6) is -0.511. The maximum absolute atomic E-state index is 12.8. The fraction of sp³-hybridized carbons (Fsp3) is 0.118. The van der Waals surface area contributed by atoms with E-state index in [2.05, 4.69) is 5.32 Å². The second kappa shape index (κ2) is 7.18. The third kappa shape index (κ3) is 4.21. The van der Waals surface area contributed by atoms with Crippen molar-refractivity contribution < 1.29 is 22.9 Å². The van der Waals surface area contributed by atoms with Crippen LogP contribution in [0, 0.1) is 13.7 Å². The first-order valence-electron chi connectivity index (χ1n) is 7.55. The molecule has 0 aliphatic carbocycles. The molecule has 0 aliphatic heterocycles. The minimum atomic E-state index is -4.50. The van der Waals surface area contributed by atoms with Gasteiger partial charge in [0.25, 0.3) is 5.69 Å². The van der Waals surface area contributed by atoms with Gasteiger partial charge in [-0.2, -0.15) is 13.2 Å². The SMILES string of the molecule is O=C(Cn1ccc2cc([N+](=O)[O-])ccc21)Nc1cc(C(F)(F)F)ccc1I. The lowest BCUT2D eigenvalue weighted by Crippen LogP contribution is -2.19. The van der Waals surface area contributed by atoms with Crippen LogP contribution in [-0.4, -0.2) is 15.4 Å². The number of nitrogens with zero attached hydrogens (tertiary/aromatic N) is 2. The summed E-state index contributed by atoms with van der Waals surface area (Å²) in [4.78, 5) is 22.6. The molecule has 0 fully saturated rings. The zero-order valence-electron chi connectivity index (χ0n) is 13.5. The van der Waals surface area contributed by atoms with E-state index in [1.807, 2.05) is 22.6 Å². The Labute approximate surface area is 164 Å². The number of fused-ring (bicyclic) bond motifs is 1. The van der Waals surface area contributed by atoms with Crippen molar-refractivity contribution in [1.29, 1.82) is 0 Å². The van der Waals surface area contributed by atoms with Gasteiger partial charge in [0, 0.05) is 32.8 Å². The molecule has 0 radical (unpaired) electrons. The van der Waals surface area contributed by atoms with Crippen molar-refractivity contribution in [2.24, 2.45) is 0 Å². The average molecular weight is 489 g/mol.